The lowest BCUT2D eigenvalue weighted by molar-refractivity contribution is -0.132. The van der Waals surface area contributed by atoms with Gasteiger partial charge in [-0.25, -0.2) is 0 Å². The molecule has 0 aromatic heterocycles. The van der Waals surface area contributed by atoms with E-state index < -0.39 is 0 Å². The van der Waals surface area contributed by atoms with E-state index in [1.807, 2.05) is 13.8 Å². The van der Waals surface area contributed by atoms with Gasteiger partial charge in [0.25, 0.3) is 0 Å². The van der Waals surface area contributed by atoms with Crippen LogP contribution in [0.1, 0.15) is 39.5 Å². The quantitative estimate of drug-likeness (QED) is 0.785. The van der Waals surface area contributed by atoms with E-state index in [0.717, 1.165) is 32.7 Å². The molecule has 18 heavy (non-hydrogen) atoms. The van der Waals surface area contributed by atoms with Crippen LogP contribution in [0, 0.1) is 5.92 Å². The minimum absolute atomic E-state index is 0.191. The zero-order valence-electron chi connectivity index (χ0n) is 11.8. The Balaban J connectivity index is 1.81. The normalized spacial score (nSPS) is 23.2. The Labute approximate surface area is 110 Å². The van der Waals surface area contributed by atoms with Crippen LogP contribution in [0.25, 0.3) is 0 Å². The first-order valence-corrected chi connectivity index (χ1v) is 7.35. The average molecular weight is 253 g/mol. The fourth-order valence-electron chi connectivity index (χ4n) is 3.04. The molecule has 0 atom stereocenters. The van der Waals surface area contributed by atoms with Crippen molar-refractivity contribution in [3.8, 4) is 0 Å². The van der Waals surface area contributed by atoms with Crippen molar-refractivity contribution in [2.75, 3.05) is 32.7 Å². The number of carbonyl (C=O) groups is 1. The summed E-state index contributed by atoms with van der Waals surface area (Å²) in [7, 11) is 0. The minimum Gasteiger partial charge on any atom is -0.354 e. The summed E-state index contributed by atoms with van der Waals surface area (Å²) in [4.78, 5) is 14.6. The molecule has 104 valence electrons. The van der Waals surface area contributed by atoms with Crippen LogP contribution in [0.15, 0.2) is 0 Å². The molecule has 2 fully saturated rings. The Hall–Kier alpha value is -0.610. The molecule has 0 radical (unpaired) electrons. The molecule has 0 aromatic rings. The van der Waals surface area contributed by atoms with Crippen molar-refractivity contribution in [1.82, 2.24) is 15.5 Å². The lowest BCUT2D eigenvalue weighted by Gasteiger charge is -2.40. The second kappa shape index (κ2) is 6.02. The van der Waals surface area contributed by atoms with Gasteiger partial charge in [0, 0.05) is 32.7 Å². The number of hydrogen-bond donors (Lipinski definition) is 2. The van der Waals surface area contributed by atoms with E-state index in [-0.39, 0.29) is 11.4 Å². The van der Waals surface area contributed by atoms with Gasteiger partial charge in [0.15, 0.2) is 0 Å². The van der Waals surface area contributed by atoms with E-state index in [0.29, 0.717) is 5.92 Å². The maximum atomic E-state index is 12.3. The summed E-state index contributed by atoms with van der Waals surface area (Å²) in [5.41, 5.74) is -0.374. The Morgan fingerprint density at radius 2 is 1.89 bits per heavy atom. The fraction of sp³-hybridized carbons (Fsp3) is 0.929. The standard InChI is InChI=1S/C14H27N3O/c1-14(2,17-9-7-15-8-10-17)13(18)16-11-12-5-3-4-6-12/h12,15H,3-11H2,1-2H3,(H,16,18). The van der Waals surface area contributed by atoms with Crippen LogP contribution in [0.4, 0.5) is 0 Å². The highest BCUT2D eigenvalue weighted by Crippen LogP contribution is 2.24. The molecular formula is C14H27N3O. The Morgan fingerprint density at radius 1 is 1.28 bits per heavy atom. The van der Waals surface area contributed by atoms with Crippen LogP contribution in [0.3, 0.4) is 0 Å². The van der Waals surface area contributed by atoms with Gasteiger partial charge in [-0.05, 0) is 32.6 Å². The van der Waals surface area contributed by atoms with Crippen molar-refractivity contribution in [1.29, 1.82) is 0 Å². The molecule has 0 bridgehead atoms. The van der Waals surface area contributed by atoms with Crippen LogP contribution in [0.2, 0.25) is 0 Å². The van der Waals surface area contributed by atoms with E-state index >= 15 is 0 Å². The maximum Gasteiger partial charge on any atom is 0.239 e. The zero-order chi connectivity index (χ0) is 13.0. The lowest BCUT2D eigenvalue weighted by atomic mass is 9.99. The molecule has 4 heteroatoms. The molecule has 2 aliphatic rings. The molecule has 4 nitrogen and oxygen atoms in total. The van der Waals surface area contributed by atoms with Crippen LogP contribution >= 0.6 is 0 Å². The van der Waals surface area contributed by atoms with Gasteiger partial charge in [0.1, 0.15) is 0 Å². The van der Waals surface area contributed by atoms with Gasteiger partial charge >= 0.3 is 0 Å². The van der Waals surface area contributed by atoms with Gasteiger partial charge in [0.2, 0.25) is 5.91 Å². The van der Waals surface area contributed by atoms with Gasteiger partial charge < -0.3 is 10.6 Å². The molecule has 1 aliphatic carbocycles. The molecular weight excluding hydrogens is 226 g/mol. The lowest BCUT2D eigenvalue weighted by Crippen LogP contribution is -2.60. The third-order valence-corrected chi connectivity index (χ3v) is 4.49. The van der Waals surface area contributed by atoms with Gasteiger partial charge in [0.05, 0.1) is 5.54 Å². The smallest absolute Gasteiger partial charge is 0.239 e. The second-order valence-corrected chi connectivity index (χ2v) is 6.16. The molecule has 0 unspecified atom stereocenters. The van der Waals surface area contributed by atoms with E-state index in [9.17, 15) is 4.79 Å². The first-order chi connectivity index (χ1) is 8.60. The second-order valence-electron chi connectivity index (χ2n) is 6.16. The molecule has 1 saturated carbocycles. The predicted octanol–water partition coefficient (Wildman–Crippen LogP) is 0.977. The van der Waals surface area contributed by atoms with E-state index in [1.165, 1.54) is 25.7 Å². The molecule has 1 amide bonds. The van der Waals surface area contributed by atoms with Crippen LogP contribution < -0.4 is 10.6 Å². The number of carbonyl (C=O) groups excluding carboxylic acids is 1. The molecule has 1 aliphatic heterocycles. The summed E-state index contributed by atoms with van der Waals surface area (Å²) >= 11 is 0. The number of amides is 1. The number of piperazine rings is 1. The maximum absolute atomic E-state index is 12.3. The molecule has 0 spiro atoms. The third kappa shape index (κ3) is 3.23. The van der Waals surface area contributed by atoms with Crippen molar-refractivity contribution in [2.45, 2.75) is 45.1 Å². The monoisotopic (exact) mass is 253 g/mol. The molecule has 2 N–H and O–H groups in total. The number of rotatable bonds is 4. The molecule has 1 saturated heterocycles. The van der Waals surface area contributed by atoms with Gasteiger partial charge in [-0.2, -0.15) is 0 Å². The van der Waals surface area contributed by atoms with Crippen molar-refractivity contribution in [3.63, 3.8) is 0 Å². The highest BCUT2D eigenvalue weighted by molar-refractivity contribution is 5.85. The summed E-state index contributed by atoms with van der Waals surface area (Å²) in [6, 6.07) is 0. The van der Waals surface area contributed by atoms with Crippen molar-refractivity contribution >= 4 is 5.91 Å². The molecule has 2 rings (SSSR count). The number of nitrogens with one attached hydrogen (secondary N) is 2. The first kappa shape index (κ1) is 13.8. The van der Waals surface area contributed by atoms with Gasteiger partial charge in [-0.15, -0.1) is 0 Å². The highest BCUT2D eigenvalue weighted by Gasteiger charge is 2.35. The van der Waals surface area contributed by atoms with Crippen molar-refractivity contribution in [3.05, 3.63) is 0 Å². The summed E-state index contributed by atoms with van der Waals surface area (Å²) in [6.07, 6.45) is 5.24. The largest absolute Gasteiger partial charge is 0.354 e. The zero-order valence-corrected chi connectivity index (χ0v) is 11.8. The van der Waals surface area contributed by atoms with Gasteiger partial charge in [-0.3, -0.25) is 9.69 Å². The number of hydrogen-bond acceptors (Lipinski definition) is 3. The highest BCUT2D eigenvalue weighted by atomic mass is 16.2. The third-order valence-electron chi connectivity index (χ3n) is 4.49. The fourth-order valence-corrected chi connectivity index (χ4v) is 3.04. The first-order valence-electron chi connectivity index (χ1n) is 7.35. The van der Waals surface area contributed by atoms with E-state index in [1.54, 1.807) is 0 Å². The average Bonchev–Trinajstić information content (AvgIpc) is 2.90. The predicted molar refractivity (Wildman–Crippen MR) is 73.5 cm³/mol. The van der Waals surface area contributed by atoms with Crippen molar-refractivity contribution < 1.29 is 4.79 Å². The minimum atomic E-state index is -0.374. The van der Waals surface area contributed by atoms with Crippen LogP contribution in [-0.4, -0.2) is 49.1 Å². The number of nitrogens with zero attached hydrogens (tertiary/aromatic N) is 1. The molecule has 1 heterocycles. The topological polar surface area (TPSA) is 44.4 Å². The van der Waals surface area contributed by atoms with Crippen molar-refractivity contribution in [2.24, 2.45) is 5.92 Å². The summed E-state index contributed by atoms with van der Waals surface area (Å²) < 4.78 is 0. The van der Waals surface area contributed by atoms with E-state index in [2.05, 4.69) is 15.5 Å². The Bertz CT molecular complexity index is 279. The summed E-state index contributed by atoms with van der Waals surface area (Å²) in [5, 5.41) is 6.49. The molecule has 0 aromatic carbocycles. The Morgan fingerprint density at radius 3 is 2.50 bits per heavy atom. The summed E-state index contributed by atoms with van der Waals surface area (Å²) in [6.45, 7) is 8.85. The van der Waals surface area contributed by atoms with E-state index in [4.69, 9.17) is 0 Å². The Kier molecular flexibility index (Phi) is 4.62. The van der Waals surface area contributed by atoms with Crippen LogP contribution in [-0.2, 0) is 4.79 Å². The van der Waals surface area contributed by atoms with Gasteiger partial charge in [-0.1, -0.05) is 12.8 Å². The van der Waals surface area contributed by atoms with Crippen LogP contribution in [0.5, 0.6) is 0 Å². The SMILES string of the molecule is CC(C)(C(=O)NCC1CCCC1)N1CCNCC1. The summed E-state index contributed by atoms with van der Waals surface area (Å²) in [5.74, 6) is 0.907.